The van der Waals surface area contributed by atoms with Gasteiger partial charge in [-0.25, -0.2) is 9.97 Å². The lowest BCUT2D eigenvalue weighted by Gasteiger charge is -2.35. The van der Waals surface area contributed by atoms with Crippen molar-refractivity contribution in [1.29, 1.82) is 0 Å². The molecule has 0 aliphatic carbocycles. The lowest BCUT2D eigenvalue weighted by atomic mass is 10.1. The maximum atomic E-state index is 12.9. The number of furan rings is 1. The number of hydrogen-bond acceptors (Lipinski definition) is 5. The van der Waals surface area contributed by atoms with Crippen molar-refractivity contribution in [3.8, 4) is 11.4 Å². The Balaban J connectivity index is 1.38. The van der Waals surface area contributed by atoms with E-state index in [-0.39, 0.29) is 5.91 Å². The molecule has 0 spiro atoms. The van der Waals surface area contributed by atoms with Crippen LogP contribution in [0.15, 0.2) is 89.3 Å². The van der Waals surface area contributed by atoms with Gasteiger partial charge in [0.05, 0.1) is 0 Å². The molecule has 5 aromatic rings. The highest BCUT2D eigenvalue weighted by Crippen LogP contribution is 2.35. The van der Waals surface area contributed by atoms with Crippen LogP contribution in [0.2, 0.25) is 0 Å². The second-order valence-corrected chi connectivity index (χ2v) is 8.16. The van der Waals surface area contributed by atoms with Crippen molar-refractivity contribution in [2.75, 3.05) is 31.1 Å². The number of hydrogen-bond donors (Lipinski definition) is 0. The monoisotopic (exact) mass is 434 g/mol. The third kappa shape index (κ3) is 3.49. The van der Waals surface area contributed by atoms with E-state index in [0.29, 0.717) is 37.6 Å². The second kappa shape index (κ2) is 8.06. The van der Waals surface area contributed by atoms with Gasteiger partial charge in [-0.05, 0) is 24.3 Å². The van der Waals surface area contributed by atoms with E-state index in [2.05, 4.69) is 4.90 Å². The van der Waals surface area contributed by atoms with Gasteiger partial charge in [-0.15, -0.1) is 0 Å². The van der Waals surface area contributed by atoms with Gasteiger partial charge >= 0.3 is 0 Å². The highest BCUT2D eigenvalue weighted by atomic mass is 16.3. The van der Waals surface area contributed by atoms with Crippen molar-refractivity contribution >= 4 is 33.8 Å². The van der Waals surface area contributed by atoms with Crippen LogP contribution in [0, 0.1) is 0 Å². The van der Waals surface area contributed by atoms with E-state index in [0.717, 1.165) is 33.4 Å². The van der Waals surface area contributed by atoms with Crippen molar-refractivity contribution in [2.24, 2.45) is 0 Å². The average molecular weight is 434 g/mol. The molecule has 0 N–H and O–H groups in total. The van der Waals surface area contributed by atoms with E-state index < -0.39 is 0 Å². The van der Waals surface area contributed by atoms with Crippen LogP contribution in [0.4, 0.5) is 5.82 Å². The van der Waals surface area contributed by atoms with Gasteiger partial charge in [-0.3, -0.25) is 4.79 Å². The van der Waals surface area contributed by atoms with E-state index in [1.54, 1.807) is 0 Å². The Hall–Kier alpha value is -4.19. The van der Waals surface area contributed by atoms with Crippen LogP contribution < -0.4 is 4.90 Å². The number of carbonyl (C=O) groups is 1. The van der Waals surface area contributed by atoms with Crippen LogP contribution in [0.1, 0.15) is 10.4 Å². The lowest BCUT2D eigenvalue weighted by Crippen LogP contribution is -2.49. The number of rotatable bonds is 3. The van der Waals surface area contributed by atoms with Gasteiger partial charge in [0.2, 0.25) is 0 Å². The Bertz CT molecular complexity index is 1440. The van der Waals surface area contributed by atoms with Crippen molar-refractivity contribution in [3.05, 3.63) is 90.5 Å². The fourth-order valence-electron chi connectivity index (χ4n) is 4.39. The lowest BCUT2D eigenvalue weighted by molar-refractivity contribution is 0.0746. The predicted molar refractivity (Wildman–Crippen MR) is 129 cm³/mol. The Kier molecular flexibility index (Phi) is 4.76. The zero-order chi connectivity index (χ0) is 22.2. The quantitative estimate of drug-likeness (QED) is 0.400. The predicted octanol–water partition coefficient (Wildman–Crippen LogP) is 5.01. The molecule has 3 heterocycles. The van der Waals surface area contributed by atoms with Crippen molar-refractivity contribution in [3.63, 3.8) is 0 Å². The first-order chi connectivity index (χ1) is 16.3. The summed E-state index contributed by atoms with van der Waals surface area (Å²) in [5.41, 5.74) is 3.99. The molecule has 3 aromatic carbocycles. The number of piperazine rings is 1. The molecule has 0 unspecified atom stereocenters. The molecule has 6 heteroatoms. The van der Waals surface area contributed by atoms with Crippen LogP contribution in [0.3, 0.4) is 0 Å². The Labute approximate surface area is 191 Å². The highest BCUT2D eigenvalue weighted by molar-refractivity contribution is 6.06. The Morgan fingerprint density at radius 1 is 0.758 bits per heavy atom. The minimum atomic E-state index is 0.0665. The standard InChI is InChI=1S/C27H22N4O2/c32-27(20-11-5-2-6-12-20)31-17-15-30(16-18-31)26-24-23(21-13-7-8-14-22(21)33-24)28-25(29-26)19-9-3-1-4-10-19/h1-14H,15-18H2. The molecule has 0 bridgehead atoms. The molecule has 1 aliphatic rings. The summed E-state index contributed by atoms with van der Waals surface area (Å²) in [6.45, 7) is 2.60. The van der Waals surface area contributed by atoms with Gasteiger partial charge in [0.1, 0.15) is 11.1 Å². The van der Waals surface area contributed by atoms with E-state index in [9.17, 15) is 4.79 Å². The molecule has 2 aromatic heterocycles. The summed E-state index contributed by atoms with van der Waals surface area (Å²) in [7, 11) is 0. The molecular formula is C27H22N4O2. The number of amides is 1. The Morgan fingerprint density at radius 3 is 2.18 bits per heavy atom. The number of benzene rings is 3. The number of nitrogens with zero attached hydrogens (tertiary/aromatic N) is 4. The summed E-state index contributed by atoms with van der Waals surface area (Å²) in [6, 6.07) is 27.4. The van der Waals surface area contributed by atoms with E-state index in [1.807, 2.05) is 89.8 Å². The van der Waals surface area contributed by atoms with Crippen LogP contribution >= 0.6 is 0 Å². The van der Waals surface area contributed by atoms with Gasteiger partial charge in [-0.2, -0.15) is 0 Å². The summed E-state index contributed by atoms with van der Waals surface area (Å²) < 4.78 is 6.22. The minimum absolute atomic E-state index is 0.0665. The van der Waals surface area contributed by atoms with Gasteiger partial charge in [0, 0.05) is 42.7 Å². The van der Waals surface area contributed by atoms with Crippen molar-refractivity contribution in [1.82, 2.24) is 14.9 Å². The van der Waals surface area contributed by atoms with Gasteiger partial charge < -0.3 is 14.2 Å². The van der Waals surface area contributed by atoms with Gasteiger partial charge in [0.15, 0.2) is 17.2 Å². The van der Waals surface area contributed by atoms with Gasteiger partial charge in [0.25, 0.3) is 5.91 Å². The highest BCUT2D eigenvalue weighted by Gasteiger charge is 2.26. The molecule has 162 valence electrons. The molecule has 0 saturated carbocycles. The molecule has 6 nitrogen and oxygen atoms in total. The normalized spacial score (nSPS) is 14.2. The maximum absolute atomic E-state index is 12.9. The summed E-state index contributed by atoms with van der Waals surface area (Å²) in [6.07, 6.45) is 0. The number of fused-ring (bicyclic) bond motifs is 3. The number of aromatic nitrogens is 2. The summed E-state index contributed by atoms with van der Waals surface area (Å²) in [4.78, 5) is 26.8. The first-order valence-corrected chi connectivity index (χ1v) is 11.1. The largest absolute Gasteiger partial charge is 0.450 e. The molecular weight excluding hydrogens is 412 g/mol. The number of carbonyl (C=O) groups excluding carboxylic acids is 1. The molecule has 33 heavy (non-hydrogen) atoms. The summed E-state index contributed by atoms with van der Waals surface area (Å²) in [5.74, 6) is 1.52. The zero-order valence-electron chi connectivity index (χ0n) is 18.0. The number of anilines is 1. The SMILES string of the molecule is O=C(c1ccccc1)N1CCN(c2nc(-c3ccccc3)nc3c2oc2ccccc23)CC1. The second-order valence-electron chi connectivity index (χ2n) is 8.16. The smallest absolute Gasteiger partial charge is 0.253 e. The zero-order valence-corrected chi connectivity index (χ0v) is 18.0. The topological polar surface area (TPSA) is 62.5 Å². The van der Waals surface area contributed by atoms with Crippen LogP contribution in [-0.2, 0) is 0 Å². The third-order valence-corrected chi connectivity index (χ3v) is 6.12. The van der Waals surface area contributed by atoms with Crippen LogP contribution in [-0.4, -0.2) is 47.0 Å². The molecule has 1 amide bonds. The van der Waals surface area contributed by atoms with E-state index >= 15 is 0 Å². The molecule has 1 saturated heterocycles. The first-order valence-electron chi connectivity index (χ1n) is 11.1. The molecule has 0 radical (unpaired) electrons. The Morgan fingerprint density at radius 2 is 1.42 bits per heavy atom. The van der Waals surface area contributed by atoms with Gasteiger partial charge in [-0.1, -0.05) is 60.7 Å². The van der Waals surface area contributed by atoms with Crippen molar-refractivity contribution in [2.45, 2.75) is 0 Å². The molecule has 1 fully saturated rings. The van der Waals surface area contributed by atoms with Crippen molar-refractivity contribution < 1.29 is 9.21 Å². The fourth-order valence-corrected chi connectivity index (χ4v) is 4.39. The molecule has 0 atom stereocenters. The van der Waals surface area contributed by atoms with Crippen LogP contribution in [0.25, 0.3) is 33.5 Å². The first kappa shape index (κ1) is 19.5. The summed E-state index contributed by atoms with van der Waals surface area (Å²) in [5, 5.41) is 0.978. The molecule has 6 rings (SSSR count). The maximum Gasteiger partial charge on any atom is 0.253 e. The minimum Gasteiger partial charge on any atom is -0.450 e. The van der Waals surface area contributed by atoms with Crippen LogP contribution in [0.5, 0.6) is 0 Å². The average Bonchev–Trinajstić information content (AvgIpc) is 3.27. The fraction of sp³-hybridized carbons (Fsp3) is 0.148. The summed E-state index contributed by atoms with van der Waals surface area (Å²) >= 11 is 0. The van der Waals surface area contributed by atoms with E-state index in [4.69, 9.17) is 14.4 Å². The third-order valence-electron chi connectivity index (χ3n) is 6.12. The number of para-hydroxylation sites is 1. The van der Waals surface area contributed by atoms with E-state index in [1.165, 1.54) is 0 Å². The molecule has 1 aliphatic heterocycles.